The van der Waals surface area contributed by atoms with Crippen molar-refractivity contribution in [1.29, 1.82) is 0 Å². The van der Waals surface area contributed by atoms with E-state index in [1.165, 1.54) is 27.6 Å². The minimum absolute atomic E-state index is 0.162. The fourth-order valence-corrected chi connectivity index (χ4v) is 12.7. The summed E-state index contributed by atoms with van der Waals surface area (Å²) in [6, 6.07) is 76.8. The molecule has 10 aromatic rings. The Balaban J connectivity index is 1.20. The van der Waals surface area contributed by atoms with Crippen LogP contribution < -0.4 is 52.4 Å². The molecule has 0 unspecified atom stereocenters. The number of anilines is 12. The first-order chi connectivity index (χ1) is 37.6. The standard InChI is InChI=1S/C69H58B2F2N4/c1-44(2)47-40-53(45(3)4)63(54(41-47)46(5)6)70-55-36-22-24-38-59(55)75(50-30-16-9-17-31-50)61-43-62-58(42-57(61)70)71-56-37-23-25-39-60(56)76(51-32-18-10-19-33-51)67-64(71)68(77(62)52-34-20-11-21-35-52)66(73)69(65(67)72)74(48-26-12-7-13-27-48)49-28-14-8-15-29-49/h7-46H,1-6H3. The van der Waals surface area contributed by atoms with E-state index in [1.807, 2.05) is 132 Å². The topological polar surface area (TPSA) is 13.0 Å². The van der Waals surface area contributed by atoms with Crippen LogP contribution in [0, 0.1) is 11.6 Å². The number of nitrogens with zero attached hydrogens (tertiary/aromatic N) is 4. The molecule has 0 aromatic heterocycles. The van der Waals surface area contributed by atoms with E-state index in [4.69, 9.17) is 0 Å². The van der Waals surface area contributed by atoms with Gasteiger partial charge in [0.15, 0.2) is 11.6 Å². The molecule has 0 spiro atoms. The number of benzene rings is 10. The van der Waals surface area contributed by atoms with E-state index in [9.17, 15) is 0 Å². The third kappa shape index (κ3) is 7.70. The average Bonchev–Trinajstić information content (AvgIpc) is 3.58. The van der Waals surface area contributed by atoms with Gasteiger partial charge in [-0.1, -0.05) is 193 Å². The second kappa shape index (κ2) is 19.2. The maximum Gasteiger partial charge on any atom is 0.252 e. The zero-order valence-electron chi connectivity index (χ0n) is 44.3. The van der Waals surface area contributed by atoms with Crippen LogP contribution in [0.2, 0.25) is 0 Å². The number of fused-ring (bicyclic) bond motifs is 6. The predicted molar refractivity (Wildman–Crippen MR) is 323 cm³/mol. The van der Waals surface area contributed by atoms with Crippen LogP contribution in [0.3, 0.4) is 0 Å². The van der Waals surface area contributed by atoms with E-state index >= 15 is 8.78 Å². The van der Waals surface area contributed by atoms with Crippen molar-refractivity contribution in [2.24, 2.45) is 0 Å². The van der Waals surface area contributed by atoms with Crippen molar-refractivity contribution in [2.75, 3.05) is 19.6 Å². The molecule has 0 N–H and O–H groups in total. The molecule has 3 aliphatic rings. The van der Waals surface area contributed by atoms with E-state index in [1.54, 1.807) is 4.90 Å². The fourth-order valence-electron chi connectivity index (χ4n) is 12.7. The Kier molecular flexibility index (Phi) is 12.0. The maximum atomic E-state index is 19.6. The highest BCUT2D eigenvalue weighted by Crippen LogP contribution is 2.52. The molecular formula is C69H58B2F2N4. The Morgan fingerprint density at radius 1 is 0.351 bits per heavy atom. The summed E-state index contributed by atoms with van der Waals surface area (Å²) in [6.45, 7) is 13.1. The van der Waals surface area contributed by atoms with Crippen molar-refractivity contribution in [2.45, 2.75) is 59.3 Å². The van der Waals surface area contributed by atoms with Crippen LogP contribution >= 0.6 is 0 Å². The largest absolute Gasteiger partial charge is 0.311 e. The van der Waals surface area contributed by atoms with Gasteiger partial charge in [0, 0.05) is 51.2 Å². The van der Waals surface area contributed by atoms with Gasteiger partial charge in [-0.05, 0) is 141 Å². The molecule has 0 saturated carbocycles. The molecule has 8 heteroatoms. The Morgan fingerprint density at radius 2 is 0.714 bits per heavy atom. The van der Waals surface area contributed by atoms with Crippen molar-refractivity contribution >= 4 is 114 Å². The second-order valence-corrected chi connectivity index (χ2v) is 21.6. The molecule has 10 aromatic carbocycles. The number of halogens is 2. The molecule has 0 amide bonds. The summed E-state index contributed by atoms with van der Waals surface area (Å²) in [5.41, 5.74) is 18.3. The first kappa shape index (κ1) is 48.1. The van der Waals surface area contributed by atoms with Crippen LogP contribution in [-0.4, -0.2) is 13.4 Å². The normalized spacial score (nSPS) is 13.2. The number of hydrogen-bond acceptors (Lipinski definition) is 4. The van der Waals surface area contributed by atoms with Crippen molar-refractivity contribution in [3.05, 3.63) is 253 Å². The van der Waals surface area contributed by atoms with E-state index in [0.29, 0.717) is 34.1 Å². The predicted octanol–water partition coefficient (Wildman–Crippen LogP) is 15.2. The summed E-state index contributed by atoms with van der Waals surface area (Å²) < 4.78 is 39.1. The van der Waals surface area contributed by atoms with Gasteiger partial charge in [0.2, 0.25) is 6.71 Å². The van der Waals surface area contributed by atoms with Crippen molar-refractivity contribution < 1.29 is 8.78 Å². The molecule has 0 radical (unpaired) electrons. The lowest BCUT2D eigenvalue weighted by Gasteiger charge is -2.46. The van der Waals surface area contributed by atoms with Crippen LogP contribution in [0.15, 0.2) is 224 Å². The third-order valence-corrected chi connectivity index (χ3v) is 16.1. The van der Waals surface area contributed by atoms with Gasteiger partial charge < -0.3 is 19.6 Å². The molecule has 3 aliphatic heterocycles. The highest BCUT2D eigenvalue weighted by molar-refractivity contribution is 7.02. The first-order valence-electron chi connectivity index (χ1n) is 27.1. The Labute approximate surface area is 452 Å². The van der Waals surface area contributed by atoms with Crippen LogP contribution in [0.25, 0.3) is 0 Å². The minimum atomic E-state index is -0.657. The van der Waals surface area contributed by atoms with Gasteiger partial charge in [-0.25, -0.2) is 8.78 Å². The van der Waals surface area contributed by atoms with Crippen LogP contribution in [0.4, 0.5) is 77.0 Å². The summed E-state index contributed by atoms with van der Waals surface area (Å²) in [4.78, 5) is 8.26. The van der Waals surface area contributed by atoms with E-state index in [0.717, 1.165) is 56.2 Å². The number of para-hydroxylation sites is 7. The molecule has 0 atom stereocenters. The Hall–Kier alpha value is -8.61. The van der Waals surface area contributed by atoms with Crippen molar-refractivity contribution in [3.63, 3.8) is 0 Å². The maximum absolute atomic E-state index is 19.6. The molecule has 77 heavy (non-hydrogen) atoms. The fraction of sp³-hybridized carbons (Fsp3) is 0.130. The lowest BCUT2D eigenvalue weighted by Crippen LogP contribution is -2.65. The van der Waals surface area contributed by atoms with Gasteiger partial charge in [-0.15, -0.1) is 0 Å². The highest BCUT2D eigenvalue weighted by atomic mass is 19.1. The average molecular weight is 1000 g/mol. The number of rotatable bonds is 10. The SMILES string of the molecule is CC(C)c1cc(C(C)C)c(B2c3ccccc3N(c3ccccc3)c3cc4c(cc32)B2c3ccccc3N(c3ccccc3)c3c(F)c(N(c5ccccc5)c5ccccc5)c(F)c(c32)N4c2ccccc2)c(C(C)C)c1. The van der Waals surface area contributed by atoms with Crippen LogP contribution in [-0.2, 0) is 0 Å². The van der Waals surface area contributed by atoms with Gasteiger partial charge in [0.05, 0.1) is 11.4 Å². The summed E-state index contributed by atoms with van der Waals surface area (Å²) >= 11 is 0. The molecule has 0 saturated heterocycles. The van der Waals surface area contributed by atoms with Gasteiger partial charge >= 0.3 is 0 Å². The Bertz CT molecular complexity index is 3790. The molecule has 374 valence electrons. The zero-order valence-corrected chi connectivity index (χ0v) is 44.3. The molecule has 0 bridgehead atoms. The molecular weight excluding hydrogens is 944 g/mol. The van der Waals surface area contributed by atoms with Gasteiger partial charge in [-0.3, -0.25) is 0 Å². The molecule has 13 rings (SSSR count). The van der Waals surface area contributed by atoms with E-state index < -0.39 is 18.3 Å². The first-order valence-corrected chi connectivity index (χ1v) is 27.1. The van der Waals surface area contributed by atoms with Gasteiger partial charge in [0.1, 0.15) is 5.69 Å². The summed E-state index contributed by atoms with van der Waals surface area (Å²) in [6.07, 6.45) is 0. The summed E-state index contributed by atoms with van der Waals surface area (Å²) in [5, 5.41) is 0. The van der Waals surface area contributed by atoms with Crippen molar-refractivity contribution in [1.82, 2.24) is 0 Å². The van der Waals surface area contributed by atoms with Crippen LogP contribution in [0.1, 0.15) is 76.0 Å². The minimum Gasteiger partial charge on any atom is -0.311 e. The van der Waals surface area contributed by atoms with E-state index in [2.05, 4.69) is 148 Å². The molecule has 4 nitrogen and oxygen atoms in total. The summed E-state index contributed by atoms with van der Waals surface area (Å²) in [5.74, 6) is -0.507. The lowest BCUT2D eigenvalue weighted by molar-refractivity contribution is 0.589. The number of hydrogen-bond donors (Lipinski definition) is 0. The van der Waals surface area contributed by atoms with Crippen LogP contribution in [0.5, 0.6) is 0 Å². The quantitative estimate of drug-likeness (QED) is 0.127. The third-order valence-electron chi connectivity index (χ3n) is 16.1. The smallest absolute Gasteiger partial charge is 0.252 e. The van der Waals surface area contributed by atoms with E-state index in [-0.39, 0.29) is 24.2 Å². The Morgan fingerprint density at radius 3 is 1.16 bits per heavy atom. The monoisotopic (exact) mass is 1000 g/mol. The zero-order chi connectivity index (χ0) is 52.6. The van der Waals surface area contributed by atoms with Gasteiger partial charge in [0.25, 0.3) is 6.71 Å². The molecule has 0 fully saturated rings. The highest BCUT2D eigenvalue weighted by Gasteiger charge is 2.50. The van der Waals surface area contributed by atoms with Crippen molar-refractivity contribution in [3.8, 4) is 0 Å². The molecule has 0 aliphatic carbocycles. The van der Waals surface area contributed by atoms with Gasteiger partial charge in [-0.2, -0.15) is 0 Å². The molecule has 3 heterocycles. The second-order valence-electron chi connectivity index (χ2n) is 21.6. The summed E-state index contributed by atoms with van der Waals surface area (Å²) in [7, 11) is 0. The lowest BCUT2D eigenvalue weighted by atomic mass is 9.30.